The van der Waals surface area contributed by atoms with E-state index in [0.717, 1.165) is 19.9 Å². The Kier molecular flexibility index (Phi) is 5.50. The molecule has 1 aliphatic heterocycles. The molecule has 1 fully saturated rings. The van der Waals surface area contributed by atoms with Gasteiger partial charge in [-0.15, -0.1) is 0 Å². The first-order valence-corrected chi connectivity index (χ1v) is 5.47. The van der Waals surface area contributed by atoms with Crippen LogP contribution < -0.4 is 0 Å². The van der Waals surface area contributed by atoms with Crippen LogP contribution in [0.1, 0.15) is 32.1 Å². The lowest BCUT2D eigenvalue weighted by atomic mass is 9.46. The van der Waals surface area contributed by atoms with Crippen LogP contribution in [0.4, 0.5) is 0 Å². The maximum Gasteiger partial charge on any atom is 0.136 e. The van der Waals surface area contributed by atoms with E-state index in [1.54, 1.807) is 0 Å². The van der Waals surface area contributed by atoms with Crippen molar-refractivity contribution in [3.8, 4) is 0 Å². The van der Waals surface area contributed by atoms with Gasteiger partial charge in [0.25, 0.3) is 0 Å². The highest BCUT2D eigenvalue weighted by Gasteiger charge is 2.06. The lowest BCUT2D eigenvalue weighted by Crippen LogP contribution is -2.07. The first kappa shape index (κ1) is 10.1. The van der Waals surface area contributed by atoms with Gasteiger partial charge in [0.15, 0.2) is 0 Å². The van der Waals surface area contributed by atoms with E-state index in [1.165, 1.54) is 44.7 Å². The minimum absolute atomic E-state index is 0.923. The molecule has 1 nitrogen and oxygen atoms in total. The quantitative estimate of drug-likeness (QED) is 0.505. The van der Waals surface area contributed by atoms with E-state index < -0.39 is 0 Å². The van der Waals surface area contributed by atoms with Crippen LogP contribution in [-0.2, 0) is 4.74 Å². The average molecular weight is 168 g/mol. The summed E-state index contributed by atoms with van der Waals surface area (Å²) in [5.74, 6) is 0. The Morgan fingerprint density at radius 3 is 2.42 bits per heavy atom. The molecule has 12 heavy (non-hydrogen) atoms. The number of rotatable bonds is 0. The zero-order valence-electron chi connectivity index (χ0n) is 8.35. The number of hydrogen-bond acceptors (Lipinski definition) is 1. The van der Waals surface area contributed by atoms with Crippen molar-refractivity contribution in [3.05, 3.63) is 0 Å². The van der Waals surface area contributed by atoms with Crippen molar-refractivity contribution in [2.45, 2.75) is 51.6 Å². The molecule has 0 spiro atoms. The molecule has 2 heteroatoms. The zero-order valence-corrected chi connectivity index (χ0v) is 8.35. The fourth-order valence-corrected chi connectivity index (χ4v) is 1.83. The fraction of sp³-hybridized carbons (Fsp3) is 1.00. The molecule has 1 aliphatic rings. The standard InChI is InChI=1S/C10H21BO/c1-11-7-4-2-3-5-9-12-10-6-8-11/h2-10H2,1H3. The van der Waals surface area contributed by atoms with Gasteiger partial charge in [-0.1, -0.05) is 38.7 Å². The first-order valence-electron chi connectivity index (χ1n) is 5.47. The molecule has 1 heterocycles. The van der Waals surface area contributed by atoms with Crippen molar-refractivity contribution in [3.63, 3.8) is 0 Å². The predicted octanol–water partition coefficient (Wildman–Crippen LogP) is 3.09. The summed E-state index contributed by atoms with van der Waals surface area (Å²) < 4.78 is 5.51. The molecule has 0 radical (unpaired) electrons. The Balaban J connectivity index is 2.13. The third-order valence-electron chi connectivity index (χ3n) is 2.72. The summed E-state index contributed by atoms with van der Waals surface area (Å²) >= 11 is 0. The van der Waals surface area contributed by atoms with Crippen molar-refractivity contribution >= 4 is 6.71 Å². The van der Waals surface area contributed by atoms with Gasteiger partial charge in [-0.3, -0.25) is 0 Å². The molecule has 0 unspecified atom stereocenters. The Bertz CT molecular complexity index is 94.0. The summed E-state index contributed by atoms with van der Waals surface area (Å²) in [6.45, 7) is 5.28. The highest BCUT2D eigenvalue weighted by atomic mass is 16.5. The molecule has 0 amide bonds. The van der Waals surface area contributed by atoms with Crippen LogP contribution in [-0.4, -0.2) is 19.9 Å². The van der Waals surface area contributed by atoms with Crippen LogP contribution in [0, 0.1) is 0 Å². The molecule has 0 saturated carbocycles. The van der Waals surface area contributed by atoms with Crippen LogP contribution in [0.15, 0.2) is 0 Å². The van der Waals surface area contributed by atoms with E-state index in [1.807, 2.05) is 0 Å². The molecule has 0 aliphatic carbocycles. The normalized spacial score (nSPS) is 23.2. The van der Waals surface area contributed by atoms with Crippen LogP contribution in [0.5, 0.6) is 0 Å². The van der Waals surface area contributed by atoms with Gasteiger partial charge in [-0.25, -0.2) is 0 Å². The smallest absolute Gasteiger partial charge is 0.136 e. The zero-order chi connectivity index (χ0) is 8.65. The maximum absolute atomic E-state index is 5.51. The van der Waals surface area contributed by atoms with E-state index in [-0.39, 0.29) is 0 Å². The van der Waals surface area contributed by atoms with E-state index in [2.05, 4.69) is 6.82 Å². The lowest BCUT2D eigenvalue weighted by molar-refractivity contribution is 0.131. The number of ether oxygens (including phenoxy) is 1. The first-order chi connectivity index (χ1) is 5.89. The fourth-order valence-electron chi connectivity index (χ4n) is 1.83. The van der Waals surface area contributed by atoms with E-state index in [0.29, 0.717) is 0 Å². The molecule has 1 saturated heterocycles. The molecule has 70 valence electrons. The largest absolute Gasteiger partial charge is 0.381 e. The van der Waals surface area contributed by atoms with Gasteiger partial charge in [-0.05, 0) is 12.8 Å². The summed E-state index contributed by atoms with van der Waals surface area (Å²) in [4.78, 5) is 0. The van der Waals surface area contributed by atoms with E-state index >= 15 is 0 Å². The van der Waals surface area contributed by atoms with Gasteiger partial charge in [0.2, 0.25) is 0 Å². The monoisotopic (exact) mass is 168 g/mol. The van der Waals surface area contributed by atoms with Gasteiger partial charge >= 0.3 is 0 Å². The van der Waals surface area contributed by atoms with E-state index in [9.17, 15) is 0 Å². The minimum atomic E-state index is 0.923. The Hall–Kier alpha value is 0.0249. The number of hydrogen-bond donors (Lipinski definition) is 0. The molecule has 1 rings (SSSR count). The molecular formula is C10H21BO. The van der Waals surface area contributed by atoms with Crippen molar-refractivity contribution in [1.29, 1.82) is 0 Å². The van der Waals surface area contributed by atoms with Crippen LogP contribution >= 0.6 is 0 Å². The predicted molar refractivity (Wildman–Crippen MR) is 55.1 cm³/mol. The molecule has 0 aromatic carbocycles. The van der Waals surface area contributed by atoms with Crippen LogP contribution in [0.2, 0.25) is 19.5 Å². The highest BCUT2D eigenvalue weighted by Crippen LogP contribution is 2.12. The maximum atomic E-state index is 5.51. The second-order valence-electron chi connectivity index (χ2n) is 4.06. The van der Waals surface area contributed by atoms with Crippen molar-refractivity contribution in [1.82, 2.24) is 0 Å². The summed E-state index contributed by atoms with van der Waals surface area (Å²) in [6, 6.07) is 0. The second-order valence-corrected chi connectivity index (χ2v) is 4.06. The van der Waals surface area contributed by atoms with E-state index in [4.69, 9.17) is 4.74 Å². The molecular weight excluding hydrogens is 147 g/mol. The molecule has 0 aromatic heterocycles. The van der Waals surface area contributed by atoms with Gasteiger partial charge in [0.05, 0.1) is 0 Å². The Labute approximate surface area is 77.0 Å². The average Bonchev–Trinajstić information content (AvgIpc) is 2.11. The van der Waals surface area contributed by atoms with Crippen molar-refractivity contribution in [2.75, 3.05) is 13.2 Å². The third-order valence-corrected chi connectivity index (χ3v) is 2.72. The van der Waals surface area contributed by atoms with Crippen molar-refractivity contribution in [2.24, 2.45) is 0 Å². The van der Waals surface area contributed by atoms with Gasteiger partial charge in [-0.2, -0.15) is 0 Å². The SMILES string of the molecule is CB1CCCCCCOCCC1. The lowest BCUT2D eigenvalue weighted by Gasteiger charge is -2.05. The third kappa shape index (κ3) is 4.81. The topological polar surface area (TPSA) is 9.23 Å². The summed E-state index contributed by atoms with van der Waals surface area (Å²) in [7, 11) is 0. The summed E-state index contributed by atoms with van der Waals surface area (Å²) in [6.07, 6.45) is 9.54. The molecule has 0 N–H and O–H groups in total. The van der Waals surface area contributed by atoms with Gasteiger partial charge in [0.1, 0.15) is 6.71 Å². The van der Waals surface area contributed by atoms with Crippen LogP contribution in [0.25, 0.3) is 0 Å². The molecule has 0 aromatic rings. The Morgan fingerprint density at radius 1 is 0.833 bits per heavy atom. The molecule has 0 atom stereocenters. The molecule has 0 bridgehead atoms. The minimum Gasteiger partial charge on any atom is -0.381 e. The summed E-state index contributed by atoms with van der Waals surface area (Å²) in [5.41, 5.74) is 0. The van der Waals surface area contributed by atoms with Crippen molar-refractivity contribution < 1.29 is 4.74 Å². The van der Waals surface area contributed by atoms with Gasteiger partial charge < -0.3 is 4.74 Å². The second kappa shape index (κ2) is 6.53. The highest BCUT2D eigenvalue weighted by molar-refractivity contribution is 6.57. The summed E-state index contributed by atoms with van der Waals surface area (Å²) in [5, 5.41) is 0. The van der Waals surface area contributed by atoms with Crippen LogP contribution in [0.3, 0.4) is 0 Å². The Morgan fingerprint density at radius 2 is 1.50 bits per heavy atom. The van der Waals surface area contributed by atoms with Gasteiger partial charge in [0, 0.05) is 13.2 Å².